The van der Waals surface area contributed by atoms with E-state index in [1.54, 1.807) is 13.8 Å². The van der Waals surface area contributed by atoms with E-state index in [2.05, 4.69) is 49.5 Å². The molecule has 8 amide bonds. The van der Waals surface area contributed by atoms with Gasteiger partial charge in [-0.3, -0.25) is 38.4 Å². The third-order valence-electron chi connectivity index (χ3n) is 26.8. The second-order valence-corrected chi connectivity index (χ2v) is 39.1. The number of amides is 8. The number of carboxylic acid groups (broad SMARTS) is 1. The summed E-state index contributed by atoms with van der Waals surface area (Å²) >= 11 is 14.9. The van der Waals surface area contributed by atoms with Crippen LogP contribution in [0.3, 0.4) is 0 Å². The molecule has 125 heavy (non-hydrogen) atoms. The van der Waals surface area contributed by atoms with Crippen LogP contribution in [0.15, 0.2) is 41.3 Å². The van der Waals surface area contributed by atoms with Crippen molar-refractivity contribution in [3.05, 3.63) is 42.0 Å². The van der Waals surface area contributed by atoms with Gasteiger partial charge in [0.05, 0.1) is 83.6 Å². The van der Waals surface area contributed by atoms with Crippen molar-refractivity contribution in [1.82, 2.24) is 47.3 Å². The van der Waals surface area contributed by atoms with E-state index in [1.165, 1.54) is 43.4 Å². The number of nitrogens with one attached hydrogen (secondary N) is 9. The average Bonchev–Trinajstić information content (AvgIpc) is 0.756. The van der Waals surface area contributed by atoms with E-state index in [4.69, 9.17) is 63.1 Å². The van der Waals surface area contributed by atoms with E-state index in [9.17, 15) is 78.7 Å². The van der Waals surface area contributed by atoms with Crippen LogP contribution < -0.4 is 77.7 Å². The Kier molecular flexibility index (Phi) is 33.9. The standard InChI is InChI=1S/C84H127Cl2N11O27S/c1-7-8-9-10-11-24-119-44-15-17-45(18-16-44)125(117,118)97-61(102)22-23-90-35-48-54(100)32-47-63(72(48)106)46-26-39(12-19-53(46)99)64-79(111)96-68(82(114)94-66(47)83(115)116)70(104)41-14-21-56(50(86)28-41)122-58-30-42-29-57(74(58)123-59-31-43(36-98)71(105)73(107)75(59)124-62-34-84(5,88)76(108)38(4)120-62)121-55-20-13-40(27-49(55)85)69(103)67(95-77(109)51(89-6)25-37(2)3)81(113)91-52(33-60(87)101)78(110)92-65(42)80(112)93-64/h15-18,29-30,37-41,43,46-56,59,62-73,75-76,89-90,98-100,103-108H,7-14,19-28,31-36,88H2,1-6H3,(H2,87,101)(H,91,113)(H,92,110)(H,93,112)(H,94,114)(H,95,109)(H,96,111)(H,97,102)(H,115,116)/t38-,39-,40-,41-,43+,46?,47?,48?,49+,50-,51+,52-,53+,54-,55+,56+,59+,62-,63?,64+,65+,66-,67+,68-,69+,70+,71+,72?,73-,75-,76+,84-/m0/s1. The first-order valence-electron chi connectivity index (χ1n) is 43.8. The van der Waals surface area contributed by atoms with E-state index in [1.807, 2.05) is 18.6 Å². The van der Waals surface area contributed by atoms with Crippen LogP contribution in [0.5, 0.6) is 23.0 Å². The number of benzene rings is 2. The van der Waals surface area contributed by atoms with Crippen molar-refractivity contribution in [3.63, 3.8) is 0 Å². The number of halogens is 2. The van der Waals surface area contributed by atoms with Crippen molar-refractivity contribution in [2.45, 2.75) is 312 Å². The van der Waals surface area contributed by atoms with Gasteiger partial charge in [0.15, 0.2) is 17.8 Å². The van der Waals surface area contributed by atoms with E-state index in [0.29, 0.717) is 12.4 Å². The Morgan fingerprint density at radius 2 is 1.34 bits per heavy atom. The van der Waals surface area contributed by atoms with Gasteiger partial charge >= 0.3 is 5.97 Å². The summed E-state index contributed by atoms with van der Waals surface area (Å²) in [6.07, 6.45) is -19.4. The van der Waals surface area contributed by atoms with Crippen LogP contribution in [0, 0.1) is 53.3 Å². The Balaban J connectivity index is 0.997. The molecule has 700 valence electrons. The molecule has 6 heterocycles. The summed E-state index contributed by atoms with van der Waals surface area (Å²) in [5, 5.41) is 139. The molecular weight excluding hydrogens is 1700 g/mol. The number of likely N-dealkylation sites (N-methyl/N-ethyl adjacent to an activating group) is 1. The number of aliphatic hydroxyl groups is 9. The lowest BCUT2D eigenvalue weighted by Gasteiger charge is -2.51. The normalized spacial score (nSPS) is 37.5. The molecule has 23 N–H and O–H groups in total. The first-order valence-corrected chi connectivity index (χ1v) is 46.2. The number of nitrogens with two attached hydrogens (primary N) is 2. The monoisotopic (exact) mass is 1820 g/mol. The Morgan fingerprint density at radius 1 is 0.712 bits per heavy atom. The number of aliphatic carboxylic acids is 1. The molecule has 11 bridgehead atoms. The van der Waals surface area contributed by atoms with E-state index >= 15 is 24.0 Å². The Hall–Kier alpha value is -7.16. The van der Waals surface area contributed by atoms with E-state index < -0.39 is 281 Å². The van der Waals surface area contributed by atoms with Gasteiger partial charge in [-0.15, -0.1) is 23.2 Å². The number of hydrogen-bond acceptors (Lipinski definition) is 29. The summed E-state index contributed by atoms with van der Waals surface area (Å²) in [6, 6.07) is -5.19. The number of fused-ring (bicyclic) bond motifs is 15. The minimum absolute atomic E-state index is 0.0156. The van der Waals surface area contributed by atoms with Gasteiger partial charge in [0, 0.05) is 49.9 Å². The second-order valence-electron chi connectivity index (χ2n) is 36.3. The molecule has 38 nitrogen and oxygen atoms in total. The van der Waals surface area contributed by atoms with Gasteiger partial charge in [0.1, 0.15) is 72.5 Å². The molecular formula is C84H127Cl2N11O27S. The highest BCUT2D eigenvalue weighted by molar-refractivity contribution is 7.90. The SMILES string of the molecule is CCCCCCCOc1ccc(S(=O)(=O)NC(=O)CCNCC2C(O)C3C4C[C@H](CC[C@H]4O)[C@H]4NC(=O)[C@@H]5NC(=O)[C@H](CC(N)=O)NC(=O)[C@H](NC(=O)[C@@H](CC(C)C)NC)[C@H](O)[C@H]6CC[C@@H](Oc7cc5cc(c7O[C@@H]5C[C@H](CO)[C@@H](O)[C@H](O)[C@H]5O[C@H]5C[C@](C)(N)[C@H](O)[C@H](C)O5)O[C@@H]5CC[C@@H](C[C@@H]5Cl)[C@@H](O)[C@H](NC4=O)C(=O)N[C@H](C(=O)O)C3C[C@@H]2O)[C@H](Cl)C6)cc1. The Morgan fingerprint density at radius 3 is 1.95 bits per heavy atom. The smallest absolute Gasteiger partial charge is 0.326 e. The maximum Gasteiger partial charge on any atom is 0.326 e. The van der Waals surface area contributed by atoms with Gasteiger partial charge in [0.2, 0.25) is 53.0 Å². The molecule has 6 aliphatic heterocycles. The molecule has 0 aromatic heterocycles. The molecule has 2 aromatic rings. The van der Waals surface area contributed by atoms with Crippen LogP contribution in [0.25, 0.3) is 0 Å². The first kappa shape index (κ1) is 98.4. The topological polar surface area (TPSA) is 606 Å². The molecule has 13 rings (SSSR count). The number of sulfonamides is 1. The van der Waals surface area contributed by atoms with Crippen molar-refractivity contribution in [2.24, 2.45) is 64.7 Å². The zero-order chi connectivity index (χ0) is 91.0. The van der Waals surface area contributed by atoms with Crippen molar-refractivity contribution in [3.8, 4) is 23.0 Å². The maximum absolute atomic E-state index is 16.5. The summed E-state index contributed by atoms with van der Waals surface area (Å²) in [5.74, 6) is -21.3. The Bertz CT molecular complexity index is 4200. The number of alkyl halides is 2. The number of carbonyl (C=O) groups is 9. The zero-order valence-electron chi connectivity index (χ0n) is 71.1. The van der Waals surface area contributed by atoms with Gasteiger partial charge in [-0.1, -0.05) is 46.5 Å². The minimum atomic E-state index is -4.39. The lowest BCUT2D eigenvalue weighted by molar-refractivity contribution is -0.286. The molecule has 2 aromatic carbocycles. The first-order chi connectivity index (χ1) is 59.2. The molecule has 7 fully saturated rings. The summed E-state index contributed by atoms with van der Waals surface area (Å²) in [6.45, 7) is 8.10. The second kappa shape index (κ2) is 43.0. The number of hydrogen-bond donors (Lipinski definition) is 21. The number of primary amides is 1. The number of carbonyl (C=O) groups excluding carboxylic acids is 8. The van der Waals surface area contributed by atoms with Gasteiger partial charge in [-0.2, -0.15) is 0 Å². The summed E-state index contributed by atoms with van der Waals surface area (Å²) in [7, 11) is -2.87. The van der Waals surface area contributed by atoms with Crippen LogP contribution >= 0.6 is 23.2 Å². The lowest BCUT2D eigenvalue weighted by atomic mass is 9.58. The predicted molar refractivity (Wildman–Crippen MR) is 447 cm³/mol. The van der Waals surface area contributed by atoms with Gasteiger partial charge in [-0.25, -0.2) is 17.9 Å². The highest BCUT2D eigenvalue weighted by Crippen LogP contribution is 2.51. The summed E-state index contributed by atoms with van der Waals surface area (Å²) < 4.78 is 68.5. The fourth-order valence-electron chi connectivity index (χ4n) is 19.8. The fourth-order valence-corrected chi connectivity index (χ4v) is 21.6. The Labute approximate surface area is 736 Å². The van der Waals surface area contributed by atoms with Crippen LogP contribution in [0.2, 0.25) is 0 Å². The molecule has 0 radical (unpaired) electrons. The van der Waals surface area contributed by atoms with Gasteiger partial charge < -0.3 is 133 Å². The predicted octanol–water partition coefficient (Wildman–Crippen LogP) is -1.40. The van der Waals surface area contributed by atoms with Crippen molar-refractivity contribution < 1.29 is 131 Å². The molecule has 5 saturated carbocycles. The number of aliphatic hydroxyl groups excluding tert-OH is 9. The van der Waals surface area contributed by atoms with E-state index in [-0.39, 0.29) is 124 Å². The molecule has 41 heteroatoms. The molecule has 32 atom stereocenters. The van der Waals surface area contributed by atoms with Gasteiger partial charge in [-0.05, 0) is 188 Å². The highest BCUT2D eigenvalue weighted by atomic mass is 35.5. The van der Waals surface area contributed by atoms with E-state index in [0.717, 1.165) is 32.1 Å². The van der Waals surface area contributed by atoms with Crippen LogP contribution in [0.4, 0.5) is 0 Å². The third-order valence-corrected chi connectivity index (χ3v) is 29.1. The summed E-state index contributed by atoms with van der Waals surface area (Å²) in [4.78, 5) is 134. The third kappa shape index (κ3) is 23.7. The van der Waals surface area contributed by atoms with Crippen molar-refractivity contribution in [2.75, 3.05) is 33.4 Å². The maximum atomic E-state index is 16.5. The van der Waals surface area contributed by atoms with Crippen molar-refractivity contribution in [1.29, 1.82) is 0 Å². The summed E-state index contributed by atoms with van der Waals surface area (Å²) in [5.41, 5.74) is 10.9. The van der Waals surface area contributed by atoms with Crippen molar-refractivity contribution >= 4 is 86.5 Å². The van der Waals surface area contributed by atoms with Crippen LogP contribution in [0.1, 0.15) is 175 Å². The average molecular weight is 1830 g/mol. The number of rotatable bonds is 27. The molecule has 5 unspecified atom stereocenters. The molecule has 11 aliphatic rings. The van der Waals surface area contributed by atoms with Crippen LogP contribution in [-0.2, 0) is 62.6 Å². The van der Waals surface area contributed by atoms with Gasteiger partial charge in [0.25, 0.3) is 10.0 Å². The fraction of sp³-hybridized carbons (Fsp3) is 0.750. The minimum Gasteiger partial charge on any atom is -0.494 e. The quantitative estimate of drug-likeness (QED) is 0.0361. The number of unbranched alkanes of at least 4 members (excludes halogenated alkanes) is 4. The molecule has 0 spiro atoms. The molecule has 2 saturated heterocycles. The highest BCUT2D eigenvalue weighted by Gasteiger charge is 2.57. The number of ether oxygens (including phenoxy) is 6. The lowest BCUT2D eigenvalue weighted by Crippen LogP contribution is -2.66. The molecule has 5 aliphatic carbocycles. The number of carboxylic acids is 1. The largest absolute Gasteiger partial charge is 0.494 e. The van der Waals surface area contributed by atoms with Crippen LogP contribution in [-0.4, -0.2) is 284 Å². The zero-order valence-corrected chi connectivity index (χ0v) is 73.5.